The molecule has 1 atom stereocenters. The summed E-state index contributed by atoms with van der Waals surface area (Å²) in [5.74, 6) is 0.316. The number of nitriles is 1. The third-order valence-corrected chi connectivity index (χ3v) is 3.99. The lowest BCUT2D eigenvalue weighted by molar-refractivity contribution is -0.128. The quantitative estimate of drug-likeness (QED) is 0.823. The SMILES string of the molecule is CC[C@@]1(C(N)=O)CCCN(c2ncc(C#N)c(N)n2)C1. The first-order valence-electron chi connectivity index (χ1n) is 6.60. The number of hydrogen-bond donors (Lipinski definition) is 2. The van der Waals surface area contributed by atoms with Crippen molar-refractivity contribution >= 4 is 17.7 Å². The minimum atomic E-state index is -0.537. The zero-order valence-electron chi connectivity index (χ0n) is 11.5. The zero-order valence-corrected chi connectivity index (χ0v) is 11.5. The van der Waals surface area contributed by atoms with Gasteiger partial charge in [-0.05, 0) is 19.3 Å². The van der Waals surface area contributed by atoms with Gasteiger partial charge in [0.2, 0.25) is 11.9 Å². The Bertz CT molecular complexity index is 566. The van der Waals surface area contributed by atoms with Crippen LogP contribution in [0, 0.1) is 16.7 Å². The molecule has 0 radical (unpaired) electrons. The summed E-state index contributed by atoms with van der Waals surface area (Å²) in [6.07, 6.45) is 3.72. The Morgan fingerprint density at radius 3 is 2.95 bits per heavy atom. The summed E-state index contributed by atoms with van der Waals surface area (Å²) in [5, 5.41) is 8.83. The minimum Gasteiger partial charge on any atom is -0.382 e. The van der Waals surface area contributed by atoms with E-state index in [9.17, 15) is 4.79 Å². The first-order valence-corrected chi connectivity index (χ1v) is 6.60. The number of hydrogen-bond acceptors (Lipinski definition) is 6. The number of primary amides is 1. The van der Waals surface area contributed by atoms with Gasteiger partial charge in [0.15, 0.2) is 0 Å². The van der Waals surface area contributed by atoms with Crippen LogP contribution in [0.1, 0.15) is 31.7 Å². The number of rotatable bonds is 3. The summed E-state index contributed by atoms with van der Waals surface area (Å²) in [6, 6.07) is 1.93. The van der Waals surface area contributed by atoms with Crippen LogP contribution in [0.15, 0.2) is 6.20 Å². The van der Waals surface area contributed by atoms with Crippen LogP contribution in [0.4, 0.5) is 11.8 Å². The van der Waals surface area contributed by atoms with Crippen molar-refractivity contribution < 1.29 is 4.79 Å². The first kappa shape index (κ1) is 14.1. The van der Waals surface area contributed by atoms with E-state index in [0.717, 1.165) is 19.4 Å². The average Bonchev–Trinajstić information content (AvgIpc) is 2.47. The van der Waals surface area contributed by atoms with Crippen LogP contribution >= 0.6 is 0 Å². The predicted octanol–water partition coefficient (Wildman–Crippen LogP) is 0.412. The van der Waals surface area contributed by atoms with Crippen LogP contribution < -0.4 is 16.4 Å². The van der Waals surface area contributed by atoms with E-state index in [0.29, 0.717) is 18.9 Å². The fourth-order valence-electron chi connectivity index (χ4n) is 2.59. The Morgan fingerprint density at radius 2 is 2.40 bits per heavy atom. The second kappa shape index (κ2) is 5.33. The number of amides is 1. The van der Waals surface area contributed by atoms with Gasteiger partial charge in [-0.2, -0.15) is 10.2 Å². The highest BCUT2D eigenvalue weighted by molar-refractivity contribution is 5.81. The van der Waals surface area contributed by atoms with Crippen LogP contribution in [-0.4, -0.2) is 29.0 Å². The van der Waals surface area contributed by atoms with Gasteiger partial charge in [0.25, 0.3) is 0 Å². The molecule has 0 bridgehead atoms. The van der Waals surface area contributed by atoms with Gasteiger partial charge >= 0.3 is 0 Å². The highest BCUT2D eigenvalue weighted by atomic mass is 16.1. The van der Waals surface area contributed by atoms with E-state index in [1.165, 1.54) is 6.20 Å². The van der Waals surface area contributed by atoms with Gasteiger partial charge < -0.3 is 16.4 Å². The van der Waals surface area contributed by atoms with Crippen LogP contribution in [-0.2, 0) is 4.79 Å². The fourth-order valence-corrected chi connectivity index (χ4v) is 2.59. The monoisotopic (exact) mass is 274 g/mol. The molecule has 1 aromatic heterocycles. The number of nitrogens with two attached hydrogens (primary N) is 2. The standard InChI is InChI=1S/C13H18N6O/c1-2-13(11(16)20)4-3-5-19(8-13)12-17-7-9(6-14)10(15)18-12/h7H,2-5,8H2,1H3,(H2,16,20)(H2,15,17,18)/t13-/m1/s1. The van der Waals surface area contributed by atoms with E-state index < -0.39 is 5.41 Å². The largest absolute Gasteiger partial charge is 0.382 e. The lowest BCUT2D eigenvalue weighted by atomic mass is 9.77. The highest BCUT2D eigenvalue weighted by Crippen LogP contribution is 2.34. The van der Waals surface area contributed by atoms with Crippen LogP contribution in [0.3, 0.4) is 0 Å². The average molecular weight is 274 g/mol. The van der Waals surface area contributed by atoms with E-state index in [1.54, 1.807) is 0 Å². The fraction of sp³-hybridized carbons (Fsp3) is 0.538. The lowest BCUT2D eigenvalue weighted by Crippen LogP contribution is -2.50. The molecule has 1 saturated heterocycles. The summed E-state index contributed by atoms with van der Waals surface area (Å²) in [7, 11) is 0. The summed E-state index contributed by atoms with van der Waals surface area (Å²) >= 11 is 0. The van der Waals surface area contributed by atoms with Gasteiger partial charge in [-0.25, -0.2) is 4.98 Å². The van der Waals surface area contributed by atoms with Gasteiger partial charge in [-0.15, -0.1) is 0 Å². The molecule has 1 aliphatic heterocycles. The number of carbonyl (C=O) groups is 1. The molecule has 2 rings (SSSR count). The number of anilines is 2. The number of carbonyl (C=O) groups excluding carboxylic acids is 1. The Balaban J connectivity index is 2.27. The molecule has 7 heteroatoms. The molecule has 0 saturated carbocycles. The Morgan fingerprint density at radius 1 is 1.65 bits per heavy atom. The Kier molecular flexibility index (Phi) is 3.74. The molecule has 1 aromatic rings. The zero-order chi connectivity index (χ0) is 14.8. The molecule has 2 heterocycles. The first-order chi connectivity index (χ1) is 9.52. The van der Waals surface area contributed by atoms with Crippen LogP contribution in [0.2, 0.25) is 0 Å². The number of nitrogens with zero attached hydrogens (tertiary/aromatic N) is 4. The van der Waals surface area contributed by atoms with Crippen molar-refractivity contribution in [2.45, 2.75) is 26.2 Å². The van der Waals surface area contributed by atoms with E-state index in [-0.39, 0.29) is 17.3 Å². The molecule has 0 unspecified atom stereocenters. The minimum absolute atomic E-state index is 0.157. The van der Waals surface area contributed by atoms with Crippen molar-refractivity contribution in [2.75, 3.05) is 23.7 Å². The molecular formula is C13H18N6O. The second-order valence-corrected chi connectivity index (χ2v) is 5.10. The lowest BCUT2D eigenvalue weighted by Gasteiger charge is -2.40. The molecule has 0 aliphatic carbocycles. The van der Waals surface area contributed by atoms with E-state index in [1.807, 2.05) is 17.9 Å². The third kappa shape index (κ3) is 2.37. The van der Waals surface area contributed by atoms with E-state index in [2.05, 4.69) is 9.97 Å². The van der Waals surface area contributed by atoms with Crippen molar-refractivity contribution in [1.82, 2.24) is 9.97 Å². The van der Waals surface area contributed by atoms with E-state index >= 15 is 0 Å². The summed E-state index contributed by atoms with van der Waals surface area (Å²) in [6.45, 7) is 3.20. The number of aromatic nitrogens is 2. The van der Waals surface area contributed by atoms with Gasteiger partial charge in [0, 0.05) is 13.1 Å². The maximum atomic E-state index is 11.7. The molecular weight excluding hydrogens is 256 g/mol. The van der Waals surface area contributed by atoms with Crippen molar-refractivity contribution in [3.63, 3.8) is 0 Å². The summed E-state index contributed by atoms with van der Waals surface area (Å²) < 4.78 is 0. The summed E-state index contributed by atoms with van der Waals surface area (Å²) in [4.78, 5) is 21.9. The van der Waals surface area contributed by atoms with Crippen molar-refractivity contribution in [1.29, 1.82) is 5.26 Å². The van der Waals surface area contributed by atoms with Gasteiger partial charge in [-0.3, -0.25) is 4.79 Å². The molecule has 4 N–H and O–H groups in total. The van der Waals surface area contributed by atoms with Crippen molar-refractivity contribution in [3.8, 4) is 6.07 Å². The molecule has 20 heavy (non-hydrogen) atoms. The number of piperidine rings is 1. The topological polar surface area (TPSA) is 122 Å². The maximum absolute atomic E-state index is 11.7. The molecule has 0 aromatic carbocycles. The normalized spacial score (nSPS) is 22.3. The van der Waals surface area contributed by atoms with Gasteiger partial charge in [0.05, 0.1) is 11.6 Å². The van der Waals surface area contributed by atoms with Gasteiger partial charge in [0.1, 0.15) is 17.5 Å². The van der Waals surface area contributed by atoms with E-state index in [4.69, 9.17) is 16.7 Å². The second-order valence-electron chi connectivity index (χ2n) is 5.10. The molecule has 7 nitrogen and oxygen atoms in total. The Hall–Kier alpha value is -2.36. The molecule has 0 spiro atoms. The molecule has 106 valence electrons. The molecule has 1 aliphatic rings. The highest BCUT2D eigenvalue weighted by Gasteiger charge is 2.39. The van der Waals surface area contributed by atoms with Crippen LogP contribution in [0.25, 0.3) is 0 Å². The predicted molar refractivity (Wildman–Crippen MR) is 74.5 cm³/mol. The van der Waals surface area contributed by atoms with Crippen molar-refractivity contribution in [3.05, 3.63) is 11.8 Å². The maximum Gasteiger partial charge on any atom is 0.227 e. The van der Waals surface area contributed by atoms with Crippen LogP contribution in [0.5, 0.6) is 0 Å². The smallest absolute Gasteiger partial charge is 0.227 e. The van der Waals surface area contributed by atoms with Crippen molar-refractivity contribution in [2.24, 2.45) is 11.1 Å². The van der Waals surface area contributed by atoms with Gasteiger partial charge in [-0.1, -0.05) is 6.92 Å². The number of nitrogen functional groups attached to an aromatic ring is 1. The molecule has 1 fully saturated rings. The Labute approximate surface area is 117 Å². The molecule has 1 amide bonds. The summed E-state index contributed by atoms with van der Waals surface area (Å²) in [5.41, 5.74) is 11.0. The third-order valence-electron chi connectivity index (χ3n) is 3.99.